The lowest BCUT2D eigenvalue weighted by Crippen LogP contribution is -2.08. The van der Waals surface area contributed by atoms with Crippen molar-refractivity contribution in [1.82, 2.24) is 9.97 Å². The topological polar surface area (TPSA) is 25.8 Å². The highest BCUT2D eigenvalue weighted by molar-refractivity contribution is 9.10. The first-order valence-corrected chi connectivity index (χ1v) is 5.17. The zero-order chi connectivity index (χ0) is 11.9. The first-order chi connectivity index (χ1) is 7.38. The number of halogens is 4. The van der Waals surface area contributed by atoms with E-state index >= 15 is 0 Å². The Kier molecular flexibility index (Phi) is 2.61. The van der Waals surface area contributed by atoms with Crippen LogP contribution in [0.3, 0.4) is 0 Å². The zero-order valence-corrected chi connectivity index (χ0v) is 9.72. The fourth-order valence-electron chi connectivity index (χ4n) is 1.34. The Morgan fingerprint density at radius 2 is 1.94 bits per heavy atom. The molecule has 0 saturated carbocycles. The van der Waals surface area contributed by atoms with E-state index in [1.165, 1.54) is 0 Å². The standard InChI is InChI=1S/C10H6BrF3N2/c1-5-2-6(11)9-7(3-5)15-4-8(16-9)10(12,13)14/h2-4H,1H3. The smallest absolute Gasteiger partial charge is 0.252 e. The second-order valence-electron chi connectivity index (χ2n) is 3.37. The van der Waals surface area contributed by atoms with Crippen molar-refractivity contribution in [1.29, 1.82) is 0 Å². The molecule has 0 atom stereocenters. The third-order valence-electron chi connectivity index (χ3n) is 2.04. The van der Waals surface area contributed by atoms with Gasteiger partial charge in [-0.25, -0.2) is 4.98 Å². The van der Waals surface area contributed by atoms with E-state index in [0.717, 1.165) is 11.8 Å². The number of nitrogens with zero attached hydrogens (tertiary/aromatic N) is 2. The molecular formula is C10H6BrF3N2. The Labute approximate surface area is 97.6 Å². The van der Waals surface area contributed by atoms with Crippen molar-refractivity contribution in [3.05, 3.63) is 34.1 Å². The van der Waals surface area contributed by atoms with Gasteiger partial charge in [-0.3, -0.25) is 4.98 Å². The summed E-state index contributed by atoms with van der Waals surface area (Å²) < 4.78 is 37.7. The summed E-state index contributed by atoms with van der Waals surface area (Å²) in [7, 11) is 0. The van der Waals surface area contributed by atoms with Gasteiger partial charge in [0.25, 0.3) is 0 Å². The lowest BCUT2D eigenvalue weighted by molar-refractivity contribution is -0.141. The highest BCUT2D eigenvalue weighted by atomic mass is 79.9. The Morgan fingerprint density at radius 3 is 2.56 bits per heavy atom. The van der Waals surface area contributed by atoms with Gasteiger partial charge in [0.15, 0.2) is 5.69 Å². The Bertz CT molecular complexity index is 551. The molecule has 0 unspecified atom stereocenters. The van der Waals surface area contributed by atoms with E-state index in [4.69, 9.17) is 0 Å². The number of hydrogen-bond acceptors (Lipinski definition) is 2. The average molecular weight is 291 g/mol. The van der Waals surface area contributed by atoms with E-state index < -0.39 is 11.9 Å². The minimum Gasteiger partial charge on any atom is -0.252 e. The minimum atomic E-state index is -4.47. The molecule has 0 saturated heterocycles. The van der Waals surface area contributed by atoms with Gasteiger partial charge in [0.2, 0.25) is 0 Å². The van der Waals surface area contributed by atoms with Crippen LogP contribution in [0.15, 0.2) is 22.8 Å². The first-order valence-electron chi connectivity index (χ1n) is 4.38. The summed E-state index contributed by atoms with van der Waals surface area (Å²) in [5.41, 5.74) is 0.596. The summed E-state index contributed by atoms with van der Waals surface area (Å²) in [4.78, 5) is 7.31. The number of benzene rings is 1. The van der Waals surface area contributed by atoms with Gasteiger partial charge in [-0.2, -0.15) is 13.2 Å². The third kappa shape index (κ3) is 2.02. The van der Waals surface area contributed by atoms with E-state index in [1.54, 1.807) is 12.1 Å². The summed E-state index contributed by atoms with van der Waals surface area (Å²) in [5.74, 6) is 0. The molecule has 0 N–H and O–H groups in total. The second-order valence-corrected chi connectivity index (χ2v) is 4.22. The van der Waals surface area contributed by atoms with Crippen LogP contribution >= 0.6 is 15.9 Å². The van der Waals surface area contributed by atoms with Crippen molar-refractivity contribution in [2.24, 2.45) is 0 Å². The molecule has 0 spiro atoms. The first kappa shape index (κ1) is 11.3. The second kappa shape index (κ2) is 3.69. The number of alkyl halides is 3. The molecule has 0 radical (unpaired) electrons. The molecular weight excluding hydrogens is 285 g/mol. The SMILES string of the molecule is Cc1cc(Br)c2nc(C(F)(F)F)cnc2c1. The van der Waals surface area contributed by atoms with Crippen LogP contribution in [-0.2, 0) is 6.18 Å². The van der Waals surface area contributed by atoms with E-state index in [9.17, 15) is 13.2 Å². The Balaban J connectivity index is 2.72. The maximum absolute atomic E-state index is 12.4. The normalized spacial score (nSPS) is 12.1. The fourth-order valence-corrected chi connectivity index (χ4v) is 1.99. The summed E-state index contributed by atoms with van der Waals surface area (Å²) >= 11 is 3.18. The molecule has 1 aromatic heterocycles. The molecule has 0 aliphatic carbocycles. The molecule has 2 rings (SSSR count). The van der Waals surface area contributed by atoms with Crippen molar-refractivity contribution in [2.45, 2.75) is 13.1 Å². The largest absolute Gasteiger partial charge is 0.434 e. The van der Waals surface area contributed by atoms with Crippen LogP contribution in [0, 0.1) is 6.92 Å². The van der Waals surface area contributed by atoms with Gasteiger partial charge in [-0.05, 0) is 40.5 Å². The van der Waals surface area contributed by atoms with Gasteiger partial charge >= 0.3 is 6.18 Å². The van der Waals surface area contributed by atoms with Crippen LogP contribution in [-0.4, -0.2) is 9.97 Å². The average Bonchev–Trinajstić information content (AvgIpc) is 2.15. The summed E-state index contributed by atoms with van der Waals surface area (Å²) in [6.07, 6.45) is -3.72. The molecule has 0 aliphatic heterocycles. The molecule has 2 nitrogen and oxygen atoms in total. The number of rotatable bonds is 0. The van der Waals surface area contributed by atoms with Gasteiger partial charge in [-0.1, -0.05) is 0 Å². The van der Waals surface area contributed by atoms with Gasteiger partial charge in [-0.15, -0.1) is 0 Å². The highest BCUT2D eigenvalue weighted by Gasteiger charge is 2.33. The monoisotopic (exact) mass is 290 g/mol. The number of aromatic nitrogens is 2. The molecule has 16 heavy (non-hydrogen) atoms. The Morgan fingerprint density at radius 1 is 1.25 bits per heavy atom. The van der Waals surface area contributed by atoms with Crippen molar-refractivity contribution in [3.8, 4) is 0 Å². The Hall–Kier alpha value is -1.17. The lowest BCUT2D eigenvalue weighted by Gasteiger charge is -2.07. The quantitative estimate of drug-likeness (QED) is 0.739. The van der Waals surface area contributed by atoms with Crippen LogP contribution in [0.4, 0.5) is 13.2 Å². The van der Waals surface area contributed by atoms with Crippen LogP contribution in [0.2, 0.25) is 0 Å². The maximum atomic E-state index is 12.4. The predicted octanol–water partition coefficient (Wildman–Crippen LogP) is 3.72. The maximum Gasteiger partial charge on any atom is 0.434 e. The molecule has 2 aromatic rings. The van der Waals surface area contributed by atoms with E-state index in [-0.39, 0.29) is 5.52 Å². The van der Waals surface area contributed by atoms with Gasteiger partial charge < -0.3 is 0 Å². The molecule has 0 aliphatic rings. The summed E-state index contributed by atoms with van der Waals surface area (Å²) in [5, 5.41) is 0. The zero-order valence-electron chi connectivity index (χ0n) is 8.14. The van der Waals surface area contributed by atoms with Crippen molar-refractivity contribution in [3.63, 3.8) is 0 Å². The van der Waals surface area contributed by atoms with Crippen molar-refractivity contribution >= 4 is 27.0 Å². The molecule has 0 fully saturated rings. The van der Waals surface area contributed by atoms with Crippen LogP contribution in [0.5, 0.6) is 0 Å². The molecule has 0 bridgehead atoms. The van der Waals surface area contributed by atoms with Gasteiger partial charge in [0.1, 0.15) is 5.52 Å². The van der Waals surface area contributed by atoms with E-state index in [1.807, 2.05) is 6.92 Å². The predicted molar refractivity (Wildman–Crippen MR) is 57.0 cm³/mol. The number of fused-ring (bicyclic) bond motifs is 1. The van der Waals surface area contributed by atoms with E-state index in [2.05, 4.69) is 25.9 Å². The summed E-state index contributed by atoms with van der Waals surface area (Å²) in [6, 6.07) is 3.39. The van der Waals surface area contributed by atoms with Crippen LogP contribution in [0.25, 0.3) is 11.0 Å². The summed E-state index contributed by atoms with van der Waals surface area (Å²) in [6.45, 7) is 1.84. The van der Waals surface area contributed by atoms with Crippen LogP contribution in [0.1, 0.15) is 11.3 Å². The number of hydrogen-bond donors (Lipinski definition) is 0. The van der Waals surface area contributed by atoms with Crippen molar-refractivity contribution in [2.75, 3.05) is 0 Å². The minimum absolute atomic E-state index is 0.223. The van der Waals surface area contributed by atoms with Gasteiger partial charge in [0, 0.05) is 4.47 Å². The molecule has 1 heterocycles. The number of aryl methyl sites for hydroxylation is 1. The third-order valence-corrected chi connectivity index (χ3v) is 2.64. The van der Waals surface area contributed by atoms with E-state index in [0.29, 0.717) is 9.99 Å². The highest BCUT2D eigenvalue weighted by Crippen LogP contribution is 2.30. The van der Waals surface area contributed by atoms with Crippen LogP contribution < -0.4 is 0 Å². The lowest BCUT2D eigenvalue weighted by atomic mass is 10.2. The van der Waals surface area contributed by atoms with Gasteiger partial charge in [0.05, 0.1) is 11.7 Å². The molecule has 6 heteroatoms. The molecule has 84 valence electrons. The fraction of sp³-hybridized carbons (Fsp3) is 0.200. The molecule has 0 amide bonds. The molecule has 1 aromatic carbocycles. The van der Waals surface area contributed by atoms with Crippen molar-refractivity contribution < 1.29 is 13.2 Å².